The Hall–Kier alpha value is -4.19. The van der Waals surface area contributed by atoms with E-state index < -0.39 is 47.9 Å². The molecule has 0 aromatic heterocycles. The van der Waals surface area contributed by atoms with Gasteiger partial charge in [0.25, 0.3) is 0 Å². The number of ether oxygens (including phenoxy) is 6. The lowest BCUT2D eigenvalue weighted by Crippen LogP contribution is -2.67. The molecule has 0 unspecified atom stereocenters. The highest BCUT2D eigenvalue weighted by atomic mass is 35.5. The van der Waals surface area contributed by atoms with Gasteiger partial charge in [0.2, 0.25) is 11.6 Å². The molecule has 7 rings (SSSR count). The minimum absolute atomic E-state index is 0.0324. The predicted molar refractivity (Wildman–Crippen MR) is 195 cm³/mol. The zero-order valence-corrected chi connectivity index (χ0v) is 30.0. The van der Waals surface area contributed by atoms with Gasteiger partial charge in [0.05, 0.1) is 39.6 Å². The van der Waals surface area contributed by atoms with E-state index in [4.69, 9.17) is 40.0 Å². The Kier molecular flexibility index (Phi) is 11.5. The zero-order valence-electron chi connectivity index (χ0n) is 29.3. The summed E-state index contributed by atoms with van der Waals surface area (Å²) in [7, 11) is 0. The van der Waals surface area contributed by atoms with Crippen LogP contribution in [0.15, 0.2) is 121 Å². The molecule has 2 fully saturated rings. The minimum Gasteiger partial charge on any atom is -0.491 e. The molecule has 5 atom stereocenters. The molecule has 5 aromatic rings. The Morgan fingerprint density at radius 2 is 1.30 bits per heavy atom. The zero-order chi connectivity index (χ0) is 36.8. The standard InChI is InChI=1S/C43H41ClF2O7/c1-2-48-36-21-18-32(37(45)38(36)46)22-33-23-34(19-20-35(33)44)43-41(51-26-31-16-10-5-11-17-31)39(49-24-29-12-6-3-7-13-29)40(42(27-47,53-43)28-52-43)50-25-30-14-8-4-9-15-30/h3-21,23,39-41,47H,2,22,24-28H2,1H3/t39-,40-,41+,42+,43+/m0/s1. The summed E-state index contributed by atoms with van der Waals surface area (Å²) in [5, 5.41) is 11.5. The molecule has 2 aliphatic heterocycles. The smallest absolute Gasteiger partial charge is 0.225 e. The molecule has 2 aliphatic rings. The Morgan fingerprint density at radius 3 is 1.89 bits per heavy atom. The summed E-state index contributed by atoms with van der Waals surface area (Å²) in [6, 6.07) is 37.2. The maximum absolute atomic E-state index is 15.3. The van der Waals surface area contributed by atoms with Crippen molar-refractivity contribution in [2.24, 2.45) is 0 Å². The third kappa shape index (κ3) is 7.75. The molecule has 0 spiro atoms. The van der Waals surface area contributed by atoms with E-state index in [9.17, 15) is 9.50 Å². The van der Waals surface area contributed by atoms with Crippen molar-refractivity contribution < 1.29 is 42.3 Å². The monoisotopic (exact) mass is 742 g/mol. The molecule has 0 saturated carbocycles. The van der Waals surface area contributed by atoms with Crippen LogP contribution in [0.3, 0.4) is 0 Å². The van der Waals surface area contributed by atoms with Gasteiger partial charge in [-0.2, -0.15) is 4.39 Å². The maximum atomic E-state index is 15.3. The van der Waals surface area contributed by atoms with E-state index in [2.05, 4.69) is 0 Å². The number of benzene rings is 5. The second kappa shape index (κ2) is 16.4. The predicted octanol–water partition coefficient (Wildman–Crippen LogP) is 8.31. The molecule has 0 aliphatic carbocycles. The second-order valence-corrected chi connectivity index (χ2v) is 13.7. The van der Waals surface area contributed by atoms with Crippen molar-refractivity contribution in [3.05, 3.63) is 171 Å². The average Bonchev–Trinajstić information content (AvgIpc) is 3.55. The van der Waals surface area contributed by atoms with Crippen LogP contribution < -0.4 is 4.74 Å². The van der Waals surface area contributed by atoms with Crippen LogP contribution in [0.5, 0.6) is 5.75 Å². The van der Waals surface area contributed by atoms with Crippen LogP contribution in [-0.2, 0) is 55.7 Å². The van der Waals surface area contributed by atoms with Crippen LogP contribution in [0.1, 0.15) is 40.3 Å². The maximum Gasteiger partial charge on any atom is 0.225 e. The summed E-state index contributed by atoms with van der Waals surface area (Å²) in [5.74, 6) is -3.86. The van der Waals surface area contributed by atoms with Gasteiger partial charge in [0, 0.05) is 17.0 Å². The van der Waals surface area contributed by atoms with Gasteiger partial charge in [-0.1, -0.05) is 115 Å². The van der Waals surface area contributed by atoms with Crippen molar-refractivity contribution in [3.63, 3.8) is 0 Å². The van der Waals surface area contributed by atoms with Gasteiger partial charge >= 0.3 is 0 Å². The first kappa shape index (κ1) is 37.1. The molecular formula is C43H41ClF2O7. The molecule has 0 amide bonds. The summed E-state index contributed by atoms with van der Waals surface area (Å²) in [6.45, 7) is 2.02. The number of rotatable bonds is 15. The van der Waals surface area contributed by atoms with Crippen molar-refractivity contribution >= 4 is 11.6 Å². The highest BCUT2D eigenvalue weighted by Gasteiger charge is 2.69. The Morgan fingerprint density at radius 1 is 0.717 bits per heavy atom. The normalized spacial score (nSPS) is 23.6. The fourth-order valence-electron chi connectivity index (χ4n) is 7.04. The highest BCUT2D eigenvalue weighted by molar-refractivity contribution is 6.31. The Labute approximate surface area is 313 Å². The molecule has 276 valence electrons. The van der Waals surface area contributed by atoms with E-state index in [1.807, 2.05) is 91.0 Å². The van der Waals surface area contributed by atoms with Gasteiger partial charge in [-0.05, 0) is 52.9 Å². The van der Waals surface area contributed by atoms with E-state index in [1.165, 1.54) is 12.1 Å². The second-order valence-electron chi connectivity index (χ2n) is 13.2. The van der Waals surface area contributed by atoms with E-state index in [-0.39, 0.29) is 50.8 Å². The Bertz CT molecular complexity index is 1970. The fraction of sp³-hybridized carbons (Fsp3) is 0.302. The quantitative estimate of drug-likeness (QED) is 0.116. The lowest BCUT2D eigenvalue weighted by Gasteiger charge is -2.50. The number of hydrogen-bond donors (Lipinski definition) is 1. The van der Waals surface area contributed by atoms with Crippen molar-refractivity contribution in [3.8, 4) is 5.75 Å². The van der Waals surface area contributed by atoms with Gasteiger partial charge in [0.15, 0.2) is 11.6 Å². The third-order valence-electron chi connectivity index (χ3n) is 9.73. The molecule has 2 heterocycles. The number of fused-ring (bicyclic) bond motifs is 2. The SMILES string of the molecule is CCOc1ccc(Cc2cc([C@@]34OC[C@@](CO)(O3)[C@@H](OCc3ccccc3)[C@H](OCc3ccccc3)[C@H]4OCc3ccccc3)ccc2Cl)c(F)c1F. The fourth-order valence-corrected chi connectivity index (χ4v) is 7.22. The van der Waals surface area contributed by atoms with Crippen LogP contribution in [0.4, 0.5) is 8.78 Å². The summed E-state index contributed by atoms with van der Waals surface area (Å²) in [5.41, 5.74) is 2.52. The third-order valence-corrected chi connectivity index (χ3v) is 10.1. The highest BCUT2D eigenvalue weighted by Crippen LogP contribution is 2.53. The van der Waals surface area contributed by atoms with Crippen LogP contribution in [0.25, 0.3) is 0 Å². The molecule has 53 heavy (non-hydrogen) atoms. The molecule has 1 N–H and O–H groups in total. The van der Waals surface area contributed by atoms with Crippen LogP contribution in [0.2, 0.25) is 5.02 Å². The van der Waals surface area contributed by atoms with Crippen LogP contribution >= 0.6 is 11.6 Å². The van der Waals surface area contributed by atoms with Crippen LogP contribution in [-0.4, -0.2) is 48.8 Å². The van der Waals surface area contributed by atoms with Gasteiger partial charge in [-0.25, -0.2) is 4.39 Å². The van der Waals surface area contributed by atoms with E-state index in [0.29, 0.717) is 16.1 Å². The summed E-state index contributed by atoms with van der Waals surface area (Å²) < 4.78 is 69.3. The Balaban J connectivity index is 1.30. The van der Waals surface area contributed by atoms with Gasteiger partial charge in [-0.3, -0.25) is 0 Å². The summed E-state index contributed by atoms with van der Waals surface area (Å²) in [6.07, 6.45) is -2.62. The largest absolute Gasteiger partial charge is 0.491 e. The molecular weight excluding hydrogens is 702 g/mol. The lowest BCUT2D eigenvalue weighted by molar-refractivity contribution is -0.353. The van der Waals surface area contributed by atoms with Crippen molar-refractivity contribution in [2.45, 2.75) is 62.9 Å². The number of halogens is 3. The van der Waals surface area contributed by atoms with Crippen molar-refractivity contribution in [1.82, 2.24) is 0 Å². The topological polar surface area (TPSA) is 75.6 Å². The molecule has 2 saturated heterocycles. The molecule has 0 radical (unpaired) electrons. The average molecular weight is 743 g/mol. The number of hydrogen-bond acceptors (Lipinski definition) is 7. The molecule has 2 bridgehead atoms. The molecule has 10 heteroatoms. The van der Waals surface area contributed by atoms with Gasteiger partial charge in [0.1, 0.15) is 23.9 Å². The first-order chi connectivity index (χ1) is 25.9. The summed E-state index contributed by atoms with van der Waals surface area (Å²) in [4.78, 5) is 0. The number of aliphatic hydroxyl groups is 1. The lowest BCUT2D eigenvalue weighted by atomic mass is 9.83. The minimum atomic E-state index is -1.62. The van der Waals surface area contributed by atoms with Gasteiger partial charge < -0.3 is 33.5 Å². The van der Waals surface area contributed by atoms with Crippen molar-refractivity contribution in [1.29, 1.82) is 0 Å². The number of aliphatic hydroxyl groups excluding tert-OH is 1. The van der Waals surface area contributed by atoms with E-state index >= 15 is 4.39 Å². The van der Waals surface area contributed by atoms with Crippen molar-refractivity contribution in [2.75, 3.05) is 19.8 Å². The first-order valence-corrected chi connectivity index (χ1v) is 18.0. The molecule has 5 aromatic carbocycles. The molecule has 7 nitrogen and oxygen atoms in total. The first-order valence-electron chi connectivity index (χ1n) is 17.7. The van der Waals surface area contributed by atoms with E-state index in [0.717, 1.165) is 16.7 Å². The van der Waals surface area contributed by atoms with Crippen LogP contribution in [0, 0.1) is 11.6 Å². The van der Waals surface area contributed by atoms with E-state index in [1.54, 1.807) is 25.1 Å². The van der Waals surface area contributed by atoms with Gasteiger partial charge in [-0.15, -0.1) is 0 Å². The summed E-state index contributed by atoms with van der Waals surface area (Å²) >= 11 is 6.72.